The maximum Gasteiger partial charge on any atom is 0.246 e. The van der Waals surface area contributed by atoms with E-state index >= 15 is 0 Å². The number of ether oxygens (including phenoxy) is 2. The van der Waals surface area contributed by atoms with Gasteiger partial charge in [-0.3, -0.25) is 28.7 Å². The van der Waals surface area contributed by atoms with Gasteiger partial charge >= 0.3 is 0 Å². The van der Waals surface area contributed by atoms with Crippen LogP contribution < -0.4 is 20.7 Å². The topological polar surface area (TPSA) is 182 Å². The molecular weight excluding hydrogens is 958 g/mol. The molecule has 0 spiro atoms. The molecule has 18 heteroatoms. The lowest BCUT2D eigenvalue weighted by atomic mass is 9.85. The Hall–Kier alpha value is -6.27. The number of carbonyl (C=O) groups excluding carboxylic acids is 4. The molecule has 372 valence electrons. The molecular formula is C53H60ClN9O6S2. The van der Waals surface area contributed by atoms with Crippen molar-refractivity contribution in [2.45, 2.75) is 99.3 Å². The molecule has 1 fully saturated rings. The first-order valence-electron chi connectivity index (χ1n) is 23.7. The number of aliphatic imine (C=N–C) groups is 1. The van der Waals surface area contributed by atoms with Gasteiger partial charge in [0.15, 0.2) is 5.82 Å². The van der Waals surface area contributed by atoms with Crippen LogP contribution >= 0.6 is 34.3 Å². The number of rotatable bonds is 16. The van der Waals surface area contributed by atoms with Gasteiger partial charge in [-0.25, -0.2) is 4.98 Å². The monoisotopic (exact) mass is 1020 g/mol. The Bertz CT molecular complexity index is 2960. The molecule has 4 amide bonds. The van der Waals surface area contributed by atoms with Crippen LogP contribution in [0.5, 0.6) is 5.75 Å². The standard InChI is InChI=1S/C53H60ClN9O6S2/c1-29-23-42(50(66)56-31(3)35-13-15-37(16-14-35)47-32(4)55-28-70-47)62(26-29)51(67)48(53(7,8)9)59-44(65)27-68-21-22-69-40-12-10-11-39(24-40)57-43(64)25-41-49-61-60-34(6)63(49)52-45(30(2)33(5)71-52)46(58-41)36-17-19-38(54)20-18-36/h10-20,24,28-29,31,41-42,48H,21-23,25-27H2,1-9H3,(H,56,66)(H,57,64)(H,59,65)/t29-,31+,41?,42+,48-/m1/s1. The number of carbonyl (C=O) groups is 4. The third kappa shape index (κ3) is 11.6. The van der Waals surface area contributed by atoms with E-state index in [1.807, 2.05) is 107 Å². The molecule has 3 aromatic carbocycles. The van der Waals surface area contributed by atoms with Crippen LogP contribution in [0.1, 0.15) is 104 Å². The van der Waals surface area contributed by atoms with Gasteiger partial charge in [-0.2, -0.15) is 0 Å². The Morgan fingerprint density at radius 2 is 1.65 bits per heavy atom. The minimum absolute atomic E-state index is 0.00205. The third-order valence-corrected chi connectivity index (χ3v) is 15.3. The highest BCUT2D eigenvalue weighted by Crippen LogP contribution is 2.40. The number of nitrogens with one attached hydrogen (secondary N) is 3. The van der Waals surface area contributed by atoms with E-state index in [9.17, 15) is 19.2 Å². The summed E-state index contributed by atoms with van der Waals surface area (Å²) in [6, 6.07) is 20.1. The van der Waals surface area contributed by atoms with Gasteiger partial charge < -0.3 is 30.3 Å². The Labute approximate surface area is 427 Å². The zero-order valence-electron chi connectivity index (χ0n) is 41.5. The van der Waals surface area contributed by atoms with Crippen LogP contribution in [0.2, 0.25) is 5.02 Å². The molecule has 6 aromatic rings. The lowest BCUT2D eigenvalue weighted by Crippen LogP contribution is -2.58. The molecule has 0 bridgehead atoms. The summed E-state index contributed by atoms with van der Waals surface area (Å²) in [6.07, 6.45) is 0.516. The maximum atomic E-state index is 14.3. The van der Waals surface area contributed by atoms with Crippen LogP contribution in [0.3, 0.4) is 0 Å². The second-order valence-corrected chi connectivity index (χ2v) is 21.9. The van der Waals surface area contributed by atoms with Gasteiger partial charge in [0.05, 0.1) is 40.9 Å². The van der Waals surface area contributed by atoms with Crippen LogP contribution in [0, 0.1) is 39.0 Å². The van der Waals surface area contributed by atoms with Gasteiger partial charge in [0.25, 0.3) is 0 Å². The van der Waals surface area contributed by atoms with Crippen LogP contribution in [0.15, 0.2) is 83.3 Å². The van der Waals surface area contributed by atoms with E-state index in [0.29, 0.717) is 41.1 Å². The molecule has 3 aromatic heterocycles. The third-order valence-electron chi connectivity index (χ3n) is 12.9. The summed E-state index contributed by atoms with van der Waals surface area (Å²) >= 11 is 9.51. The number of hydrogen-bond acceptors (Lipinski definition) is 12. The number of halogens is 1. The lowest BCUT2D eigenvalue weighted by molar-refractivity contribution is -0.144. The van der Waals surface area contributed by atoms with Gasteiger partial charge in [-0.05, 0) is 93.3 Å². The van der Waals surface area contributed by atoms with Crippen molar-refractivity contribution >= 4 is 69.3 Å². The van der Waals surface area contributed by atoms with E-state index in [1.54, 1.807) is 51.8 Å². The van der Waals surface area contributed by atoms with Crippen molar-refractivity contribution in [2.24, 2.45) is 16.3 Å². The summed E-state index contributed by atoms with van der Waals surface area (Å²) < 4.78 is 13.7. The first kappa shape index (κ1) is 51.1. The lowest BCUT2D eigenvalue weighted by Gasteiger charge is -2.35. The van der Waals surface area contributed by atoms with Crippen LogP contribution in [0.25, 0.3) is 15.4 Å². The van der Waals surface area contributed by atoms with Gasteiger partial charge in [0, 0.05) is 39.3 Å². The molecule has 2 aliphatic heterocycles. The number of nitrogens with zero attached hydrogens (tertiary/aromatic N) is 6. The Morgan fingerprint density at radius 3 is 2.35 bits per heavy atom. The number of thiophene rings is 1. The molecule has 0 radical (unpaired) electrons. The van der Waals surface area contributed by atoms with E-state index in [-0.39, 0.29) is 55.9 Å². The van der Waals surface area contributed by atoms with Gasteiger partial charge in [-0.1, -0.05) is 81.8 Å². The summed E-state index contributed by atoms with van der Waals surface area (Å²) in [5.41, 5.74) is 8.42. The second-order valence-electron chi connectivity index (χ2n) is 19.4. The predicted octanol–water partition coefficient (Wildman–Crippen LogP) is 9.30. The smallest absolute Gasteiger partial charge is 0.246 e. The van der Waals surface area contributed by atoms with Gasteiger partial charge in [0.2, 0.25) is 23.6 Å². The van der Waals surface area contributed by atoms with Crippen molar-refractivity contribution < 1.29 is 28.7 Å². The molecule has 71 heavy (non-hydrogen) atoms. The summed E-state index contributed by atoms with van der Waals surface area (Å²) in [7, 11) is 0. The van der Waals surface area contributed by atoms with E-state index in [4.69, 9.17) is 26.1 Å². The molecule has 15 nitrogen and oxygen atoms in total. The van der Waals surface area contributed by atoms with Gasteiger partial charge in [0.1, 0.15) is 47.9 Å². The molecule has 0 saturated carbocycles. The Balaban J connectivity index is 0.831. The minimum atomic E-state index is -0.905. The summed E-state index contributed by atoms with van der Waals surface area (Å²) in [5, 5.41) is 19.5. The zero-order valence-corrected chi connectivity index (χ0v) is 43.9. The summed E-state index contributed by atoms with van der Waals surface area (Å²) in [6.45, 7) is 17.9. The highest BCUT2D eigenvalue weighted by molar-refractivity contribution is 7.15. The van der Waals surface area contributed by atoms with Crippen molar-refractivity contribution in [3.05, 3.63) is 128 Å². The van der Waals surface area contributed by atoms with E-state index in [2.05, 4.69) is 45.0 Å². The van der Waals surface area contributed by atoms with E-state index < -0.39 is 29.4 Å². The molecule has 5 atom stereocenters. The number of amides is 4. The summed E-state index contributed by atoms with van der Waals surface area (Å²) in [4.78, 5) is 68.6. The number of aromatic nitrogens is 4. The normalized spacial score (nSPS) is 17.4. The van der Waals surface area contributed by atoms with E-state index in [0.717, 1.165) is 54.0 Å². The zero-order chi connectivity index (χ0) is 50.7. The van der Waals surface area contributed by atoms with E-state index in [1.165, 1.54) is 0 Å². The van der Waals surface area contributed by atoms with Crippen LogP contribution in [0.4, 0.5) is 5.69 Å². The molecule has 5 heterocycles. The SMILES string of the molecule is Cc1ncsc1-c1ccc([C@H](C)NC(=O)[C@@H]2C[C@@H](C)CN2C(=O)[C@@H](NC(=O)COCCOc2cccc(NC(=O)CC3N=C(c4ccc(Cl)cc4)c4c(sc(C)c4C)-n4c(C)nnc43)c2)C(C)(C)C)cc1. The Kier molecular flexibility index (Phi) is 15.6. The first-order chi connectivity index (χ1) is 33.9. The maximum absolute atomic E-state index is 14.3. The number of benzene rings is 3. The van der Waals surface area contributed by atoms with Crippen LogP contribution in [-0.4, -0.2) is 92.4 Å². The van der Waals surface area contributed by atoms with Gasteiger partial charge in [-0.15, -0.1) is 32.9 Å². The number of aryl methyl sites for hydroxylation is 3. The fraction of sp³-hybridized carbons (Fsp3) is 0.396. The van der Waals surface area contributed by atoms with Crippen LogP contribution in [-0.2, 0) is 23.9 Å². The Morgan fingerprint density at radius 1 is 0.915 bits per heavy atom. The summed E-state index contributed by atoms with van der Waals surface area (Å²) in [5.74, 6) is 0.590. The fourth-order valence-corrected chi connectivity index (χ4v) is 11.2. The molecule has 2 aliphatic rings. The largest absolute Gasteiger partial charge is 0.491 e. The number of thiazole rings is 1. The van der Waals surface area contributed by atoms with Crippen molar-refractivity contribution in [2.75, 3.05) is 31.7 Å². The van der Waals surface area contributed by atoms with Crippen molar-refractivity contribution in [1.29, 1.82) is 0 Å². The highest BCUT2D eigenvalue weighted by atomic mass is 35.5. The number of anilines is 1. The van der Waals surface area contributed by atoms with Crippen molar-refractivity contribution in [1.82, 2.24) is 35.3 Å². The fourth-order valence-electron chi connectivity index (χ4n) is 9.02. The number of hydrogen-bond donors (Lipinski definition) is 3. The number of likely N-dealkylation sites (tertiary alicyclic amines) is 1. The van der Waals surface area contributed by atoms with Crippen molar-refractivity contribution in [3.63, 3.8) is 0 Å². The minimum Gasteiger partial charge on any atom is -0.491 e. The van der Waals surface area contributed by atoms with Crippen molar-refractivity contribution in [3.8, 4) is 21.2 Å². The highest BCUT2D eigenvalue weighted by Gasteiger charge is 2.44. The predicted molar refractivity (Wildman–Crippen MR) is 279 cm³/mol. The quantitative estimate of drug-likeness (QED) is 0.0796. The average molecular weight is 1020 g/mol. The molecule has 1 unspecified atom stereocenters. The second kappa shape index (κ2) is 21.6. The first-order valence-corrected chi connectivity index (χ1v) is 25.8. The molecule has 0 aliphatic carbocycles. The number of fused-ring (bicyclic) bond motifs is 3. The molecule has 1 saturated heterocycles. The molecule has 8 rings (SSSR count). The molecule has 3 N–H and O–H groups in total. The average Bonchev–Trinajstić information content (AvgIpc) is 4.10.